The molecule has 1 aromatic rings. The Morgan fingerprint density at radius 2 is 1.82 bits per heavy atom. The van der Waals surface area contributed by atoms with Gasteiger partial charge in [0.15, 0.2) is 0 Å². The standard InChI is InChI=1S/C16H20F2N2O2/c17-16(18)22-14-4-2-1-3-13(14)15(21)20-7-5-11-9-19-10-12(11)6-8-20/h1-4,11-12,16,19H,5-10H2/t11-,12+. The second kappa shape index (κ2) is 6.60. The number of rotatable bonds is 3. The minimum Gasteiger partial charge on any atom is -0.434 e. The van der Waals surface area contributed by atoms with Crippen LogP contribution in [0.5, 0.6) is 5.75 Å². The zero-order chi connectivity index (χ0) is 15.5. The highest BCUT2D eigenvalue weighted by molar-refractivity contribution is 5.97. The molecule has 1 N–H and O–H groups in total. The first-order valence-corrected chi connectivity index (χ1v) is 7.69. The van der Waals surface area contributed by atoms with Crippen LogP contribution in [0, 0.1) is 11.8 Å². The van der Waals surface area contributed by atoms with Gasteiger partial charge in [0.25, 0.3) is 5.91 Å². The summed E-state index contributed by atoms with van der Waals surface area (Å²) in [6, 6.07) is 6.22. The Morgan fingerprint density at radius 1 is 1.18 bits per heavy atom. The maximum Gasteiger partial charge on any atom is 0.387 e. The highest BCUT2D eigenvalue weighted by atomic mass is 19.3. The maximum atomic E-state index is 12.7. The summed E-state index contributed by atoms with van der Waals surface area (Å²) in [5, 5.41) is 3.39. The van der Waals surface area contributed by atoms with E-state index in [1.165, 1.54) is 6.07 Å². The van der Waals surface area contributed by atoms with Gasteiger partial charge < -0.3 is 15.0 Å². The van der Waals surface area contributed by atoms with Gasteiger partial charge in [-0.3, -0.25) is 4.79 Å². The largest absolute Gasteiger partial charge is 0.434 e. The van der Waals surface area contributed by atoms with E-state index in [4.69, 9.17) is 0 Å². The molecule has 2 aliphatic rings. The molecule has 0 spiro atoms. The van der Waals surface area contributed by atoms with Crippen molar-refractivity contribution in [1.82, 2.24) is 10.2 Å². The van der Waals surface area contributed by atoms with Crippen molar-refractivity contribution in [3.05, 3.63) is 29.8 Å². The van der Waals surface area contributed by atoms with Crippen LogP contribution in [0.2, 0.25) is 0 Å². The smallest absolute Gasteiger partial charge is 0.387 e. The number of alkyl halides is 2. The number of amides is 1. The van der Waals surface area contributed by atoms with E-state index in [-0.39, 0.29) is 17.2 Å². The van der Waals surface area contributed by atoms with Crippen molar-refractivity contribution >= 4 is 5.91 Å². The molecule has 0 unspecified atom stereocenters. The van der Waals surface area contributed by atoms with Crippen LogP contribution in [0.15, 0.2) is 24.3 Å². The number of carbonyl (C=O) groups is 1. The summed E-state index contributed by atoms with van der Waals surface area (Å²) >= 11 is 0. The molecule has 22 heavy (non-hydrogen) atoms. The number of benzene rings is 1. The summed E-state index contributed by atoms with van der Waals surface area (Å²) < 4.78 is 29.4. The Labute approximate surface area is 128 Å². The third-order valence-corrected chi connectivity index (χ3v) is 4.64. The second-order valence-electron chi connectivity index (χ2n) is 5.92. The molecule has 2 heterocycles. The first kappa shape index (κ1) is 15.2. The Morgan fingerprint density at radius 3 is 2.45 bits per heavy atom. The normalized spacial score (nSPS) is 25.0. The monoisotopic (exact) mass is 310 g/mol. The van der Waals surface area contributed by atoms with Gasteiger partial charge in [-0.1, -0.05) is 12.1 Å². The molecule has 6 heteroatoms. The van der Waals surface area contributed by atoms with Gasteiger partial charge in [0.1, 0.15) is 5.75 Å². The first-order valence-electron chi connectivity index (χ1n) is 7.69. The number of hydrogen-bond acceptors (Lipinski definition) is 3. The number of para-hydroxylation sites is 1. The zero-order valence-electron chi connectivity index (χ0n) is 12.3. The molecule has 2 aliphatic heterocycles. The van der Waals surface area contributed by atoms with E-state index in [1.54, 1.807) is 23.1 Å². The number of nitrogens with zero attached hydrogens (tertiary/aromatic N) is 1. The topological polar surface area (TPSA) is 41.6 Å². The number of likely N-dealkylation sites (tertiary alicyclic amines) is 1. The van der Waals surface area contributed by atoms with Gasteiger partial charge in [0.2, 0.25) is 0 Å². The minimum atomic E-state index is -2.93. The van der Waals surface area contributed by atoms with Crippen molar-refractivity contribution < 1.29 is 18.3 Å². The fraction of sp³-hybridized carbons (Fsp3) is 0.562. The van der Waals surface area contributed by atoms with E-state index in [2.05, 4.69) is 10.1 Å². The predicted octanol–water partition coefficient (Wildman–Crippen LogP) is 2.36. The number of carbonyl (C=O) groups excluding carboxylic acids is 1. The van der Waals surface area contributed by atoms with Crippen molar-refractivity contribution in [2.75, 3.05) is 26.2 Å². The molecular formula is C16H20F2N2O2. The van der Waals surface area contributed by atoms with Crippen LogP contribution in [-0.4, -0.2) is 43.6 Å². The molecule has 1 amide bonds. The average molecular weight is 310 g/mol. The van der Waals surface area contributed by atoms with Crippen molar-refractivity contribution in [2.45, 2.75) is 19.5 Å². The molecule has 2 fully saturated rings. The Hall–Kier alpha value is -1.69. The molecule has 0 aliphatic carbocycles. The molecule has 120 valence electrons. The molecule has 2 saturated heterocycles. The molecule has 0 radical (unpaired) electrons. The molecule has 0 saturated carbocycles. The Balaban J connectivity index is 1.73. The third kappa shape index (κ3) is 3.21. The fourth-order valence-corrected chi connectivity index (χ4v) is 3.43. The SMILES string of the molecule is O=C(c1ccccc1OC(F)F)N1CC[C@@H]2CNC[C@@H]2CC1. The van der Waals surface area contributed by atoms with Crippen LogP contribution in [0.1, 0.15) is 23.2 Å². The van der Waals surface area contributed by atoms with Crippen LogP contribution < -0.4 is 10.1 Å². The molecule has 0 bridgehead atoms. The second-order valence-corrected chi connectivity index (χ2v) is 5.92. The van der Waals surface area contributed by atoms with Crippen LogP contribution in [0.3, 0.4) is 0 Å². The van der Waals surface area contributed by atoms with E-state index in [9.17, 15) is 13.6 Å². The van der Waals surface area contributed by atoms with E-state index in [0.717, 1.165) is 25.9 Å². The summed E-state index contributed by atoms with van der Waals surface area (Å²) in [6.45, 7) is 0.439. The van der Waals surface area contributed by atoms with E-state index in [0.29, 0.717) is 24.9 Å². The van der Waals surface area contributed by atoms with E-state index in [1.807, 2.05) is 0 Å². The van der Waals surface area contributed by atoms with Gasteiger partial charge in [-0.2, -0.15) is 8.78 Å². The van der Waals surface area contributed by atoms with Gasteiger partial charge >= 0.3 is 6.61 Å². The molecule has 2 atom stereocenters. The maximum absolute atomic E-state index is 12.7. The lowest BCUT2D eigenvalue weighted by Gasteiger charge is -2.22. The molecule has 1 aromatic carbocycles. The third-order valence-electron chi connectivity index (χ3n) is 4.64. The summed E-state index contributed by atoms with van der Waals surface area (Å²) in [4.78, 5) is 14.4. The zero-order valence-corrected chi connectivity index (χ0v) is 12.3. The fourth-order valence-electron chi connectivity index (χ4n) is 3.43. The molecule has 0 aromatic heterocycles. The highest BCUT2D eigenvalue weighted by Gasteiger charge is 2.32. The highest BCUT2D eigenvalue weighted by Crippen LogP contribution is 2.29. The van der Waals surface area contributed by atoms with Gasteiger partial charge in [-0.05, 0) is 49.9 Å². The first-order chi connectivity index (χ1) is 10.6. The number of halogens is 2. The quantitative estimate of drug-likeness (QED) is 0.932. The van der Waals surface area contributed by atoms with Gasteiger partial charge in [-0.25, -0.2) is 0 Å². The van der Waals surface area contributed by atoms with Crippen LogP contribution >= 0.6 is 0 Å². The lowest BCUT2D eigenvalue weighted by molar-refractivity contribution is -0.0502. The lowest BCUT2D eigenvalue weighted by Crippen LogP contribution is -2.33. The van der Waals surface area contributed by atoms with E-state index < -0.39 is 6.61 Å². The summed E-state index contributed by atoms with van der Waals surface area (Å²) in [7, 11) is 0. The average Bonchev–Trinajstić information content (AvgIpc) is 2.85. The predicted molar refractivity (Wildman–Crippen MR) is 78.1 cm³/mol. The summed E-state index contributed by atoms with van der Waals surface area (Å²) in [6.07, 6.45) is 1.92. The number of ether oxygens (including phenoxy) is 1. The van der Waals surface area contributed by atoms with Crippen LogP contribution in [-0.2, 0) is 0 Å². The van der Waals surface area contributed by atoms with Crippen molar-refractivity contribution in [1.29, 1.82) is 0 Å². The van der Waals surface area contributed by atoms with Crippen molar-refractivity contribution in [2.24, 2.45) is 11.8 Å². The number of nitrogens with one attached hydrogen (secondary N) is 1. The van der Waals surface area contributed by atoms with E-state index >= 15 is 0 Å². The van der Waals surface area contributed by atoms with Crippen LogP contribution in [0.25, 0.3) is 0 Å². The van der Waals surface area contributed by atoms with Crippen molar-refractivity contribution in [3.8, 4) is 5.75 Å². The lowest BCUT2D eigenvalue weighted by atomic mass is 9.92. The molecular weight excluding hydrogens is 290 g/mol. The minimum absolute atomic E-state index is 0.0476. The Kier molecular flexibility index (Phi) is 4.57. The van der Waals surface area contributed by atoms with Gasteiger partial charge in [-0.15, -0.1) is 0 Å². The van der Waals surface area contributed by atoms with Gasteiger partial charge in [0.05, 0.1) is 5.56 Å². The number of fused-ring (bicyclic) bond motifs is 1. The Bertz CT molecular complexity index is 525. The molecule has 3 rings (SSSR count). The molecule has 4 nitrogen and oxygen atoms in total. The number of hydrogen-bond donors (Lipinski definition) is 1. The summed E-state index contributed by atoms with van der Waals surface area (Å²) in [5.41, 5.74) is 0.216. The summed E-state index contributed by atoms with van der Waals surface area (Å²) in [5.74, 6) is 0.966. The van der Waals surface area contributed by atoms with Crippen molar-refractivity contribution in [3.63, 3.8) is 0 Å². The van der Waals surface area contributed by atoms with Gasteiger partial charge in [0, 0.05) is 13.1 Å². The van der Waals surface area contributed by atoms with Crippen LogP contribution in [0.4, 0.5) is 8.78 Å².